The van der Waals surface area contributed by atoms with E-state index in [-0.39, 0.29) is 16.3 Å². The van der Waals surface area contributed by atoms with Gasteiger partial charge in [0.1, 0.15) is 0 Å². The number of sulfone groups is 1. The molecule has 1 aliphatic heterocycles. The van der Waals surface area contributed by atoms with Crippen LogP contribution in [0.25, 0.3) is 0 Å². The third-order valence-electron chi connectivity index (χ3n) is 2.60. The fraction of sp³-hybridized carbons (Fsp3) is 0.400. The highest BCUT2D eigenvalue weighted by Gasteiger charge is 2.37. The van der Waals surface area contributed by atoms with Gasteiger partial charge in [0.2, 0.25) is 5.82 Å². The normalized spacial score (nSPS) is 19.7. The molecule has 0 atom stereocenters. The van der Waals surface area contributed by atoms with Crippen LogP contribution in [0.15, 0.2) is 17.0 Å². The van der Waals surface area contributed by atoms with Gasteiger partial charge in [0.05, 0.1) is 21.3 Å². The van der Waals surface area contributed by atoms with Gasteiger partial charge in [-0.1, -0.05) is 0 Å². The molecule has 0 aliphatic carbocycles. The fourth-order valence-electron chi connectivity index (χ4n) is 1.99. The first-order valence-corrected chi connectivity index (χ1v) is 6.76. The van der Waals surface area contributed by atoms with E-state index in [1.54, 1.807) is 13.8 Å². The third-order valence-corrected chi connectivity index (χ3v) is 4.71. The van der Waals surface area contributed by atoms with E-state index in [4.69, 9.17) is 0 Å². The molecule has 98 valence electrons. The fourth-order valence-corrected chi connectivity index (χ4v) is 3.90. The van der Waals surface area contributed by atoms with Gasteiger partial charge in [-0.05, 0) is 13.8 Å². The molecule has 2 rings (SSSR count). The van der Waals surface area contributed by atoms with Gasteiger partial charge in [-0.2, -0.15) is 4.39 Å². The Labute approximate surface area is 103 Å². The number of nitrogens with zero attached hydrogens (tertiary/aromatic N) is 1. The van der Waals surface area contributed by atoms with Gasteiger partial charge < -0.3 is 5.32 Å². The summed E-state index contributed by atoms with van der Waals surface area (Å²) in [5.74, 6) is -1.34. The van der Waals surface area contributed by atoms with Crippen molar-refractivity contribution in [3.63, 3.8) is 0 Å². The molecule has 0 saturated carbocycles. The summed E-state index contributed by atoms with van der Waals surface area (Å²) in [4.78, 5) is 9.50. The number of hydrogen-bond donors (Lipinski definition) is 1. The van der Waals surface area contributed by atoms with Gasteiger partial charge in [0, 0.05) is 17.7 Å². The number of rotatable bonds is 1. The highest BCUT2D eigenvalue weighted by Crippen LogP contribution is 2.36. The monoisotopic (exact) mass is 274 g/mol. The van der Waals surface area contributed by atoms with E-state index in [9.17, 15) is 22.9 Å². The van der Waals surface area contributed by atoms with Crippen molar-refractivity contribution in [3.05, 3.63) is 28.1 Å². The van der Waals surface area contributed by atoms with Gasteiger partial charge in [-0.25, -0.2) is 8.42 Å². The van der Waals surface area contributed by atoms with Crippen molar-refractivity contribution in [3.8, 4) is 0 Å². The average molecular weight is 274 g/mol. The van der Waals surface area contributed by atoms with Crippen molar-refractivity contribution in [1.82, 2.24) is 0 Å². The maximum absolute atomic E-state index is 13.4. The Bertz CT molecular complexity index is 640. The third kappa shape index (κ3) is 2.03. The SMILES string of the molecule is CC1(C)CS(=O)(=O)c2cc(F)c([N+](=O)[O-])cc2N1. The van der Waals surface area contributed by atoms with Crippen LogP contribution in [0.1, 0.15) is 13.8 Å². The predicted octanol–water partition coefficient (Wildman–Crippen LogP) is 1.71. The zero-order chi connectivity index (χ0) is 13.7. The molecule has 1 heterocycles. The minimum atomic E-state index is -3.64. The Hall–Kier alpha value is -1.70. The first-order chi connectivity index (χ1) is 8.12. The van der Waals surface area contributed by atoms with E-state index < -0.39 is 31.8 Å². The van der Waals surface area contributed by atoms with E-state index in [2.05, 4.69) is 5.32 Å². The zero-order valence-electron chi connectivity index (χ0n) is 9.73. The predicted molar refractivity (Wildman–Crippen MR) is 62.8 cm³/mol. The zero-order valence-corrected chi connectivity index (χ0v) is 10.5. The lowest BCUT2D eigenvalue weighted by Crippen LogP contribution is -2.42. The molecule has 1 aliphatic rings. The minimum Gasteiger partial charge on any atom is -0.378 e. The number of halogens is 1. The van der Waals surface area contributed by atoms with Gasteiger partial charge in [0.25, 0.3) is 0 Å². The van der Waals surface area contributed by atoms with Gasteiger partial charge in [0.15, 0.2) is 9.84 Å². The van der Waals surface area contributed by atoms with E-state index in [0.717, 1.165) is 6.07 Å². The van der Waals surface area contributed by atoms with Crippen molar-refractivity contribution in [2.45, 2.75) is 24.3 Å². The molecule has 1 N–H and O–H groups in total. The summed E-state index contributed by atoms with van der Waals surface area (Å²) in [6, 6.07) is 1.62. The molecule has 8 heteroatoms. The van der Waals surface area contributed by atoms with Crippen molar-refractivity contribution in [2.24, 2.45) is 0 Å². The summed E-state index contributed by atoms with van der Waals surface area (Å²) in [7, 11) is -3.64. The van der Waals surface area contributed by atoms with Crippen LogP contribution < -0.4 is 5.32 Å². The van der Waals surface area contributed by atoms with Crippen molar-refractivity contribution in [1.29, 1.82) is 0 Å². The molecule has 18 heavy (non-hydrogen) atoms. The largest absolute Gasteiger partial charge is 0.378 e. The Kier molecular flexibility index (Phi) is 2.58. The smallest absolute Gasteiger partial charge is 0.306 e. The second-order valence-electron chi connectivity index (χ2n) is 4.82. The van der Waals surface area contributed by atoms with Crippen LogP contribution in [0.2, 0.25) is 0 Å². The molecule has 0 amide bonds. The summed E-state index contributed by atoms with van der Waals surface area (Å²) >= 11 is 0. The standard InChI is InChI=1S/C10H11FN2O4S/c1-10(2)5-18(16,17)9-3-6(11)8(13(14)15)4-7(9)12-10/h3-4,12H,5H2,1-2H3. The molecule has 1 aromatic carbocycles. The van der Waals surface area contributed by atoms with E-state index in [1.165, 1.54) is 0 Å². The summed E-state index contributed by atoms with van der Waals surface area (Å²) in [5.41, 5.74) is -1.43. The van der Waals surface area contributed by atoms with Crippen LogP contribution in [0.5, 0.6) is 0 Å². The van der Waals surface area contributed by atoms with Gasteiger partial charge >= 0.3 is 5.69 Å². The van der Waals surface area contributed by atoms with Crippen LogP contribution in [0, 0.1) is 15.9 Å². The molecule has 0 spiro atoms. The van der Waals surface area contributed by atoms with Crippen LogP contribution >= 0.6 is 0 Å². The summed E-state index contributed by atoms with van der Waals surface area (Å²) in [6.45, 7) is 3.31. The maximum atomic E-state index is 13.4. The van der Waals surface area contributed by atoms with E-state index in [0.29, 0.717) is 6.07 Å². The molecule has 0 saturated heterocycles. The number of nitro benzene ring substituents is 1. The van der Waals surface area contributed by atoms with Crippen molar-refractivity contribution >= 4 is 21.2 Å². The first-order valence-electron chi connectivity index (χ1n) is 5.11. The van der Waals surface area contributed by atoms with Gasteiger partial charge in [-0.15, -0.1) is 0 Å². The second-order valence-corrected chi connectivity index (χ2v) is 6.78. The van der Waals surface area contributed by atoms with Gasteiger partial charge in [-0.3, -0.25) is 10.1 Å². The minimum absolute atomic E-state index is 0.0688. The number of nitro groups is 1. The number of hydrogen-bond acceptors (Lipinski definition) is 5. The average Bonchev–Trinajstić information content (AvgIpc) is 2.15. The highest BCUT2D eigenvalue weighted by molar-refractivity contribution is 7.91. The highest BCUT2D eigenvalue weighted by atomic mass is 32.2. The number of fused-ring (bicyclic) bond motifs is 1. The summed E-state index contributed by atoms with van der Waals surface area (Å²) in [6.07, 6.45) is 0. The lowest BCUT2D eigenvalue weighted by atomic mass is 10.1. The second kappa shape index (κ2) is 3.64. The van der Waals surface area contributed by atoms with Crippen LogP contribution in [-0.4, -0.2) is 24.6 Å². The van der Waals surface area contributed by atoms with Crippen molar-refractivity contribution in [2.75, 3.05) is 11.1 Å². The summed E-state index contributed by atoms with van der Waals surface area (Å²) in [5, 5.41) is 13.5. The quantitative estimate of drug-likeness (QED) is 0.622. The Morgan fingerprint density at radius 3 is 2.61 bits per heavy atom. The molecule has 0 unspecified atom stereocenters. The lowest BCUT2D eigenvalue weighted by molar-refractivity contribution is -0.387. The van der Waals surface area contributed by atoms with Crippen LogP contribution in [0.3, 0.4) is 0 Å². The molecule has 0 bridgehead atoms. The Balaban J connectivity index is 2.71. The van der Waals surface area contributed by atoms with E-state index >= 15 is 0 Å². The molecular weight excluding hydrogens is 263 g/mol. The van der Waals surface area contributed by atoms with Crippen LogP contribution in [0.4, 0.5) is 15.8 Å². The molecule has 0 aromatic heterocycles. The number of nitrogens with one attached hydrogen (secondary N) is 1. The Morgan fingerprint density at radius 1 is 1.44 bits per heavy atom. The molecule has 0 fully saturated rings. The maximum Gasteiger partial charge on any atom is 0.306 e. The lowest BCUT2D eigenvalue weighted by Gasteiger charge is -2.33. The topological polar surface area (TPSA) is 89.3 Å². The number of benzene rings is 1. The molecular formula is C10H11FN2O4S. The van der Waals surface area contributed by atoms with Crippen LogP contribution in [-0.2, 0) is 9.84 Å². The summed E-state index contributed by atoms with van der Waals surface area (Å²) < 4.78 is 37.3. The first kappa shape index (κ1) is 12.7. The molecule has 0 radical (unpaired) electrons. The molecule has 6 nitrogen and oxygen atoms in total. The van der Waals surface area contributed by atoms with Crippen molar-refractivity contribution < 1.29 is 17.7 Å². The molecule has 1 aromatic rings. The number of anilines is 1. The van der Waals surface area contributed by atoms with E-state index in [1.807, 2.05) is 0 Å². The Morgan fingerprint density at radius 2 is 2.06 bits per heavy atom.